The molecule has 0 aliphatic carbocycles. The lowest BCUT2D eigenvalue weighted by Crippen LogP contribution is -2.11. The summed E-state index contributed by atoms with van der Waals surface area (Å²) in [5.74, 6) is 1.44. The predicted molar refractivity (Wildman–Crippen MR) is 58.7 cm³/mol. The number of nitrogens with zero attached hydrogens (tertiary/aromatic N) is 1. The van der Waals surface area contributed by atoms with E-state index in [4.69, 9.17) is 15.2 Å². The lowest BCUT2D eigenvalue weighted by Gasteiger charge is -2.18. The van der Waals surface area contributed by atoms with E-state index < -0.39 is 0 Å². The number of nitrogen functional groups attached to an aromatic ring is 1. The summed E-state index contributed by atoms with van der Waals surface area (Å²) in [5.41, 5.74) is 8.71. The zero-order valence-corrected chi connectivity index (χ0v) is 8.56. The number of H-pyrrole nitrogens is 1. The SMILES string of the molecule is Nc1[nH]ncc1-c1ccc2c(c1)COCO2. The van der Waals surface area contributed by atoms with E-state index in [1.54, 1.807) is 6.20 Å². The molecule has 0 atom stereocenters. The van der Waals surface area contributed by atoms with Crippen LogP contribution in [-0.2, 0) is 11.3 Å². The lowest BCUT2D eigenvalue weighted by molar-refractivity contribution is -0.0163. The topological polar surface area (TPSA) is 73.2 Å². The molecule has 3 N–H and O–H groups in total. The van der Waals surface area contributed by atoms with Gasteiger partial charge in [0.2, 0.25) is 0 Å². The molecule has 5 nitrogen and oxygen atoms in total. The Morgan fingerprint density at radius 3 is 3.12 bits per heavy atom. The summed E-state index contributed by atoms with van der Waals surface area (Å²) in [4.78, 5) is 0. The van der Waals surface area contributed by atoms with Crippen LogP contribution in [0.4, 0.5) is 5.82 Å². The highest BCUT2D eigenvalue weighted by atomic mass is 16.7. The third-order valence-electron chi connectivity index (χ3n) is 2.60. The molecule has 82 valence electrons. The van der Waals surface area contributed by atoms with Crippen LogP contribution in [0.25, 0.3) is 11.1 Å². The minimum absolute atomic E-state index is 0.320. The molecule has 1 aromatic carbocycles. The monoisotopic (exact) mass is 217 g/mol. The Hall–Kier alpha value is -2.01. The molecule has 1 aliphatic heterocycles. The van der Waals surface area contributed by atoms with Gasteiger partial charge in [-0.2, -0.15) is 5.10 Å². The molecule has 2 heterocycles. The average molecular weight is 217 g/mol. The second-order valence-corrected chi connectivity index (χ2v) is 3.63. The van der Waals surface area contributed by atoms with Gasteiger partial charge in [-0.3, -0.25) is 5.10 Å². The van der Waals surface area contributed by atoms with Crippen LogP contribution in [0.1, 0.15) is 5.56 Å². The summed E-state index contributed by atoms with van der Waals surface area (Å²) in [6.45, 7) is 0.890. The van der Waals surface area contributed by atoms with Gasteiger partial charge in [0.1, 0.15) is 11.6 Å². The summed E-state index contributed by atoms with van der Waals surface area (Å²) in [5, 5.41) is 6.61. The zero-order valence-electron chi connectivity index (χ0n) is 8.56. The third-order valence-corrected chi connectivity index (χ3v) is 2.60. The Bertz CT molecular complexity index is 522. The molecular formula is C11H11N3O2. The fourth-order valence-corrected chi connectivity index (χ4v) is 1.78. The number of benzene rings is 1. The van der Waals surface area contributed by atoms with Crippen LogP contribution in [0.2, 0.25) is 0 Å². The molecule has 0 unspecified atom stereocenters. The number of anilines is 1. The highest BCUT2D eigenvalue weighted by Crippen LogP contribution is 2.30. The standard InChI is InChI=1S/C11H11N3O2/c12-11-9(4-13-14-11)7-1-2-10-8(3-7)5-15-6-16-10/h1-4H,5-6H2,(H3,12,13,14). The number of rotatable bonds is 1. The van der Waals surface area contributed by atoms with E-state index >= 15 is 0 Å². The van der Waals surface area contributed by atoms with Gasteiger partial charge in [-0.1, -0.05) is 6.07 Å². The average Bonchev–Trinajstić information content (AvgIpc) is 2.75. The molecule has 0 fully saturated rings. The smallest absolute Gasteiger partial charge is 0.189 e. The maximum absolute atomic E-state index is 5.77. The van der Waals surface area contributed by atoms with Crippen molar-refractivity contribution in [1.29, 1.82) is 0 Å². The second-order valence-electron chi connectivity index (χ2n) is 3.63. The van der Waals surface area contributed by atoms with Crippen molar-refractivity contribution >= 4 is 5.82 Å². The normalized spacial score (nSPS) is 14.2. The van der Waals surface area contributed by atoms with Crippen LogP contribution in [0, 0.1) is 0 Å². The molecule has 1 aromatic heterocycles. The molecule has 0 saturated carbocycles. The molecule has 3 rings (SSSR count). The van der Waals surface area contributed by atoms with Gasteiger partial charge in [0.25, 0.3) is 0 Å². The maximum atomic E-state index is 5.77. The fourth-order valence-electron chi connectivity index (χ4n) is 1.78. The Labute approximate surface area is 92.2 Å². The number of hydrogen-bond donors (Lipinski definition) is 2. The molecular weight excluding hydrogens is 206 g/mol. The Morgan fingerprint density at radius 1 is 1.38 bits per heavy atom. The molecule has 0 bridgehead atoms. The van der Waals surface area contributed by atoms with E-state index in [2.05, 4.69) is 10.2 Å². The Kier molecular flexibility index (Phi) is 2.04. The molecule has 0 radical (unpaired) electrons. The quantitative estimate of drug-likeness (QED) is 0.759. The van der Waals surface area contributed by atoms with Crippen molar-refractivity contribution < 1.29 is 9.47 Å². The first-order chi connectivity index (χ1) is 7.84. The van der Waals surface area contributed by atoms with Gasteiger partial charge in [-0.05, 0) is 17.7 Å². The Balaban J connectivity index is 2.06. The second kappa shape index (κ2) is 3.53. The van der Waals surface area contributed by atoms with E-state index in [1.807, 2.05) is 18.2 Å². The molecule has 0 amide bonds. The first-order valence-electron chi connectivity index (χ1n) is 4.97. The van der Waals surface area contributed by atoms with Gasteiger partial charge in [0, 0.05) is 11.1 Å². The first-order valence-corrected chi connectivity index (χ1v) is 4.97. The van der Waals surface area contributed by atoms with Gasteiger partial charge in [-0.25, -0.2) is 0 Å². The van der Waals surface area contributed by atoms with E-state index in [0.29, 0.717) is 19.2 Å². The Morgan fingerprint density at radius 2 is 2.31 bits per heavy atom. The minimum atomic E-state index is 0.320. The highest BCUT2D eigenvalue weighted by Gasteiger charge is 2.12. The van der Waals surface area contributed by atoms with Crippen molar-refractivity contribution in [3.8, 4) is 16.9 Å². The van der Waals surface area contributed by atoms with Crippen molar-refractivity contribution in [2.24, 2.45) is 0 Å². The van der Waals surface area contributed by atoms with Gasteiger partial charge < -0.3 is 15.2 Å². The summed E-state index contributed by atoms with van der Waals surface area (Å²) < 4.78 is 10.6. The van der Waals surface area contributed by atoms with Crippen LogP contribution < -0.4 is 10.5 Å². The van der Waals surface area contributed by atoms with Crippen LogP contribution in [0.5, 0.6) is 5.75 Å². The number of nitrogens with one attached hydrogen (secondary N) is 1. The van der Waals surface area contributed by atoms with Crippen LogP contribution >= 0.6 is 0 Å². The van der Waals surface area contributed by atoms with E-state index in [1.165, 1.54) is 0 Å². The van der Waals surface area contributed by atoms with Crippen molar-refractivity contribution in [1.82, 2.24) is 10.2 Å². The van der Waals surface area contributed by atoms with Gasteiger partial charge in [0.05, 0.1) is 12.8 Å². The van der Waals surface area contributed by atoms with Crippen molar-refractivity contribution in [2.45, 2.75) is 6.61 Å². The minimum Gasteiger partial charge on any atom is -0.467 e. The summed E-state index contributed by atoms with van der Waals surface area (Å²) in [7, 11) is 0. The van der Waals surface area contributed by atoms with Crippen LogP contribution in [-0.4, -0.2) is 17.0 Å². The third kappa shape index (κ3) is 1.42. The number of aromatic amines is 1. The van der Waals surface area contributed by atoms with Crippen molar-refractivity contribution in [3.05, 3.63) is 30.0 Å². The van der Waals surface area contributed by atoms with Crippen LogP contribution in [0.15, 0.2) is 24.4 Å². The summed E-state index contributed by atoms with van der Waals surface area (Å²) in [6.07, 6.45) is 1.71. The molecule has 0 saturated heterocycles. The highest BCUT2D eigenvalue weighted by molar-refractivity contribution is 5.74. The van der Waals surface area contributed by atoms with E-state index in [-0.39, 0.29) is 0 Å². The first kappa shape index (κ1) is 9.23. The largest absolute Gasteiger partial charge is 0.467 e. The molecule has 5 heteroatoms. The van der Waals surface area contributed by atoms with Gasteiger partial charge in [0.15, 0.2) is 6.79 Å². The number of ether oxygens (including phenoxy) is 2. The molecule has 1 aliphatic rings. The van der Waals surface area contributed by atoms with Crippen LogP contribution in [0.3, 0.4) is 0 Å². The van der Waals surface area contributed by atoms with E-state index in [0.717, 1.165) is 22.4 Å². The van der Waals surface area contributed by atoms with Gasteiger partial charge >= 0.3 is 0 Å². The summed E-state index contributed by atoms with van der Waals surface area (Å²) in [6, 6.07) is 5.90. The number of hydrogen-bond acceptors (Lipinski definition) is 4. The lowest BCUT2D eigenvalue weighted by atomic mass is 10.0. The summed E-state index contributed by atoms with van der Waals surface area (Å²) >= 11 is 0. The molecule has 16 heavy (non-hydrogen) atoms. The fraction of sp³-hybridized carbons (Fsp3) is 0.182. The zero-order chi connectivity index (χ0) is 11.0. The number of fused-ring (bicyclic) bond motifs is 1. The van der Waals surface area contributed by atoms with E-state index in [9.17, 15) is 0 Å². The number of nitrogens with two attached hydrogens (primary N) is 1. The van der Waals surface area contributed by atoms with Gasteiger partial charge in [-0.15, -0.1) is 0 Å². The van der Waals surface area contributed by atoms with Crippen molar-refractivity contribution in [2.75, 3.05) is 12.5 Å². The maximum Gasteiger partial charge on any atom is 0.189 e. The number of aromatic nitrogens is 2. The van der Waals surface area contributed by atoms with Crippen molar-refractivity contribution in [3.63, 3.8) is 0 Å². The predicted octanol–water partition coefficient (Wildman–Crippen LogP) is 1.53. The molecule has 2 aromatic rings. The molecule has 0 spiro atoms.